The standard InChI is InChI=1S/C20H31BF2O/c1-3-5-7-17(18(13-22)6-4-2)12-20(14-23)24-15-16-8-10-19(21)11-9-16/h12-14,16,19H,3-11,15H2,1-2H3/b17-12-,18-13+,20-14-. The zero-order valence-corrected chi connectivity index (χ0v) is 15.2. The van der Waals surface area contributed by atoms with E-state index in [1.807, 2.05) is 6.92 Å². The van der Waals surface area contributed by atoms with E-state index in [1.165, 1.54) is 0 Å². The molecule has 0 atom stereocenters. The minimum Gasteiger partial charge on any atom is -0.491 e. The molecule has 2 radical (unpaired) electrons. The second-order valence-corrected chi connectivity index (χ2v) is 6.76. The number of rotatable bonds is 10. The molecule has 0 bridgehead atoms. The lowest BCUT2D eigenvalue weighted by molar-refractivity contribution is 0.147. The van der Waals surface area contributed by atoms with Crippen molar-refractivity contribution in [3.63, 3.8) is 0 Å². The van der Waals surface area contributed by atoms with E-state index in [1.54, 1.807) is 6.08 Å². The van der Waals surface area contributed by atoms with E-state index in [0.29, 0.717) is 43.0 Å². The summed E-state index contributed by atoms with van der Waals surface area (Å²) in [5.41, 5.74) is 1.49. The van der Waals surface area contributed by atoms with E-state index < -0.39 is 0 Å². The van der Waals surface area contributed by atoms with Crippen LogP contribution in [0.5, 0.6) is 0 Å². The third-order valence-electron chi connectivity index (χ3n) is 4.66. The molecule has 24 heavy (non-hydrogen) atoms. The maximum atomic E-state index is 13.2. The van der Waals surface area contributed by atoms with Gasteiger partial charge in [0.05, 0.1) is 20.8 Å². The van der Waals surface area contributed by atoms with E-state index in [4.69, 9.17) is 12.6 Å². The number of hydrogen-bond acceptors (Lipinski definition) is 1. The summed E-state index contributed by atoms with van der Waals surface area (Å²) in [6.45, 7) is 4.60. The molecule has 0 unspecified atom stereocenters. The summed E-state index contributed by atoms with van der Waals surface area (Å²) in [7, 11) is 5.91. The molecule has 134 valence electrons. The second kappa shape index (κ2) is 12.3. The highest BCUT2D eigenvalue weighted by Crippen LogP contribution is 2.31. The topological polar surface area (TPSA) is 9.23 Å². The Morgan fingerprint density at radius 3 is 2.25 bits per heavy atom. The molecule has 0 saturated heterocycles. The van der Waals surface area contributed by atoms with Crippen molar-refractivity contribution < 1.29 is 13.5 Å². The predicted molar refractivity (Wildman–Crippen MR) is 98.3 cm³/mol. The molecule has 0 aromatic rings. The number of unbranched alkanes of at least 4 members (excludes halogenated alkanes) is 1. The van der Waals surface area contributed by atoms with Gasteiger partial charge < -0.3 is 4.74 Å². The van der Waals surface area contributed by atoms with Crippen LogP contribution in [0.15, 0.2) is 35.6 Å². The van der Waals surface area contributed by atoms with Crippen molar-refractivity contribution >= 4 is 7.85 Å². The van der Waals surface area contributed by atoms with Gasteiger partial charge in [-0.1, -0.05) is 45.3 Å². The summed E-state index contributed by atoms with van der Waals surface area (Å²) in [5.74, 6) is 0.926. The van der Waals surface area contributed by atoms with Gasteiger partial charge >= 0.3 is 0 Å². The van der Waals surface area contributed by atoms with Crippen LogP contribution in [-0.2, 0) is 4.74 Å². The van der Waals surface area contributed by atoms with Crippen LogP contribution < -0.4 is 0 Å². The maximum absolute atomic E-state index is 13.2. The van der Waals surface area contributed by atoms with E-state index in [-0.39, 0.29) is 5.76 Å². The molecule has 1 saturated carbocycles. The van der Waals surface area contributed by atoms with Crippen molar-refractivity contribution in [1.82, 2.24) is 0 Å². The lowest BCUT2D eigenvalue weighted by Gasteiger charge is -2.26. The smallest absolute Gasteiger partial charge is 0.147 e. The van der Waals surface area contributed by atoms with Crippen LogP contribution in [0, 0.1) is 5.92 Å². The Labute approximate surface area is 147 Å². The number of ether oxygens (including phenoxy) is 1. The molecular formula is C20H31BF2O. The first-order chi connectivity index (χ1) is 11.6. The van der Waals surface area contributed by atoms with Gasteiger partial charge in [0, 0.05) is 0 Å². The zero-order chi connectivity index (χ0) is 17.8. The van der Waals surface area contributed by atoms with Crippen molar-refractivity contribution in [3.05, 3.63) is 35.6 Å². The molecule has 0 heterocycles. The van der Waals surface area contributed by atoms with Gasteiger partial charge in [-0.15, -0.1) is 0 Å². The Morgan fingerprint density at radius 2 is 1.71 bits per heavy atom. The van der Waals surface area contributed by atoms with Crippen molar-refractivity contribution in [3.8, 4) is 0 Å². The predicted octanol–water partition coefficient (Wildman–Crippen LogP) is 6.73. The average Bonchev–Trinajstić information content (AvgIpc) is 2.61. The summed E-state index contributed by atoms with van der Waals surface area (Å²) in [6.07, 6.45) is 11.1. The Kier molecular flexibility index (Phi) is 10.8. The first kappa shape index (κ1) is 21.0. The van der Waals surface area contributed by atoms with Gasteiger partial charge in [-0.05, 0) is 55.2 Å². The van der Waals surface area contributed by atoms with E-state index in [0.717, 1.165) is 56.9 Å². The Morgan fingerprint density at radius 1 is 1.00 bits per heavy atom. The third kappa shape index (κ3) is 7.68. The van der Waals surface area contributed by atoms with Crippen LogP contribution in [0.25, 0.3) is 0 Å². The molecular weight excluding hydrogens is 305 g/mol. The SMILES string of the molecule is [B]C1CCC(COC(=C\F)/C=C(CCCC)\C(=C\F)CCC)CC1. The van der Waals surface area contributed by atoms with Crippen molar-refractivity contribution in [2.75, 3.05) is 6.61 Å². The van der Waals surface area contributed by atoms with Gasteiger partial charge in [-0.2, -0.15) is 0 Å². The third-order valence-corrected chi connectivity index (χ3v) is 4.66. The fourth-order valence-electron chi connectivity index (χ4n) is 3.09. The molecule has 1 rings (SSSR count). The van der Waals surface area contributed by atoms with Crippen LogP contribution >= 0.6 is 0 Å². The molecule has 0 aromatic heterocycles. The molecule has 1 nitrogen and oxygen atoms in total. The molecule has 0 spiro atoms. The van der Waals surface area contributed by atoms with Crippen LogP contribution in [0.4, 0.5) is 8.78 Å². The van der Waals surface area contributed by atoms with Crippen LogP contribution in [0.2, 0.25) is 5.82 Å². The summed E-state index contributed by atoms with van der Waals surface area (Å²) in [4.78, 5) is 0. The zero-order valence-electron chi connectivity index (χ0n) is 15.2. The minimum absolute atomic E-state index is 0.200. The number of hydrogen-bond donors (Lipinski definition) is 0. The monoisotopic (exact) mass is 336 g/mol. The van der Waals surface area contributed by atoms with Gasteiger partial charge in [0.15, 0.2) is 0 Å². The minimum atomic E-state index is 0.200. The number of halogens is 2. The lowest BCUT2D eigenvalue weighted by atomic mass is 9.72. The van der Waals surface area contributed by atoms with Crippen LogP contribution in [0.1, 0.15) is 71.6 Å². The Balaban J connectivity index is 2.69. The first-order valence-electron chi connectivity index (χ1n) is 9.33. The molecule has 4 heteroatoms. The van der Waals surface area contributed by atoms with E-state index in [9.17, 15) is 8.78 Å². The molecule has 0 N–H and O–H groups in total. The molecule has 1 fully saturated rings. The summed E-state index contributed by atoms with van der Waals surface area (Å²) >= 11 is 0. The van der Waals surface area contributed by atoms with E-state index >= 15 is 0 Å². The maximum Gasteiger partial charge on any atom is 0.147 e. The summed E-state index contributed by atoms with van der Waals surface area (Å²) < 4.78 is 32.1. The Bertz CT molecular complexity index is 435. The summed E-state index contributed by atoms with van der Waals surface area (Å²) in [6, 6.07) is 0. The fraction of sp³-hybridized carbons (Fsp3) is 0.700. The van der Waals surface area contributed by atoms with Crippen molar-refractivity contribution in [1.29, 1.82) is 0 Å². The van der Waals surface area contributed by atoms with Crippen LogP contribution in [-0.4, -0.2) is 14.5 Å². The van der Waals surface area contributed by atoms with Gasteiger partial charge in [-0.3, -0.25) is 0 Å². The second-order valence-electron chi connectivity index (χ2n) is 6.76. The van der Waals surface area contributed by atoms with Crippen molar-refractivity contribution in [2.45, 2.75) is 77.5 Å². The van der Waals surface area contributed by atoms with E-state index in [2.05, 4.69) is 6.92 Å². The van der Waals surface area contributed by atoms with Crippen molar-refractivity contribution in [2.24, 2.45) is 5.92 Å². The largest absolute Gasteiger partial charge is 0.491 e. The van der Waals surface area contributed by atoms with Crippen LogP contribution in [0.3, 0.4) is 0 Å². The summed E-state index contributed by atoms with van der Waals surface area (Å²) in [5, 5.41) is 0. The highest BCUT2D eigenvalue weighted by atomic mass is 19.1. The van der Waals surface area contributed by atoms with Gasteiger partial charge in [0.2, 0.25) is 0 Å². The first-order valence-corrected chi connectivity index (χ1v) is 9.33. The molecule has 1 aliphatic carbocycles. The quantitative estimate of drug-likeness (QED) is 0.244. The highest BCUT2D eigenvalue weighted by Gasteiger charge is 2.18. The average molecular weight is 336 g/mol. The fourth-order valence-corrected chi connectivity index (χ4v) is 3.09. The normalized spacial score (nSPS) is 23.4. The lowest BCUT2D eigenvalue weighted by Crippen LogP contribution is -2.16. The Hall–Kier alpha value is -1.06. The molecule has 0 aliphatic heterocycles. The van der Waals surface area contributed by atoms with Gasteiger partial charge in [-0.25, -0.2) is 8.78 Å². The van der Waals surface area contributed by atoms with Gasteiger partial charge in [0.1, 0.15) is 12.1 Å². The molecule has 0 amide bonds. The molecule has 0 aromatic carbocycles. The number of allylic oxidation sites excluding steroid dienone is 3. The highest BCUT2D eigenvalue weighted by molar-refractivity contribution is 6.11. The molecule has 1 aliphatic rings. The van der Waals surface area contributed by atoms with Gasteiger partial charge in [0.25, 0.3) is 0 Å².